The van der Waals surface area contributed by atoms with Crippen LogP contribution in [0, 0.1) is 0 Å². The maximum absolute atomic E-state index is 12.5. The molecule has 1 amide bonds. The fourth-order valence-electron chi connectivity index (χ4n) is 2.32. The summed E-state index contributed by atoms with van der Waals surface area (Å²) in [6.45, 7) is 3.88. The SMILES string of the molecule is CCOC(C(=O)Nc1ccc(C(C)C(=O)O)cc1)c1ccccc1. The molecule has 2 aromatic carbocycles. The van der Waals surface area contributed by atoms with Gasteiger partial charge in [0, 0.05) is 12.3 Å². The smallest absolute Gasteiger partial charge is 0.310 e. The van der Waals surface area contributed by atoms with E-state index >= 15 is 0 Å². The molecule has 0 saturated carbocycles. The van der Waals surface area contributed by atoms with Crippen molar-refractivity contribution in [3.63, 3.8) is 0 Å². The Labute approximate surface area is 141 Å². The van der Waals surface area contributed by atoms with Gasteiger partial charge in [-0.1, -0.05) is 42.5 Å². The quantitative estimate of drug-likeness (QED) is 0.815. The van der Waals surface area contributed by atoms with E-state index in [2.05, 4.69) is 5.32 Å². The highest BCUT2D eigenvalue weighted by Crippen LogP contribution is 2.22. The van der Waals surface area contributed by atoms with E-state index < -0.39 is 18.0 Å². The van der Waals surface area contributed by atoms with Crippen molar-refractivity contribution >= 4 is 17.6 Å². The molecule has 0 fully saturated rings. The number of rotatable bonds is 7. The van der Waals surface area contributed by atoms with Gasteiger partial charge >= 0.3 is 5.97 Å². The van der Waals surface area contributed by atoms with E-state index in [-0.39, 0.29) is 5.91 Å². The minimum absolute atomic E-state index is 0.262. The Morgan fingerprint density at radius 2 is 1.67 bits per heavy atom. The number of hydrogen-bond donors (Lipinski definition) is 2. The fourth-order valence-corrected chi connectivity index (χ4v) is 2.32. The number of nitrogens with one attached hydrogen (secondary N) is 1. The second kappa shape index (κ2) is 8.26. The van der Waals surface area contributed by atoms with Gasteiger partial charge in [0.1, 0.15) is 0 Å². The molecule has 0 spiro atoms. The van der Waals surface area contributed by atoms with Crippen molar-refractivity contribution in [1.29, 1.82) is 0 Å². The second-order valence-electron chi connectivity index (χ2n) is 5.42. The molecule has 0 radical (unpaired) electrons. The van der Waals surface area contributed by atoms with Crippen molar-refractivity contribution in [2.75, 3.05) is 11.9 Å². The summed E-state index contributed by atoms with van der Waals surface area (Å²) in [6, 6.07) is 16.1. The second-order valence-corrected chi connectivity index (χ2v) is 5.42. The van der Waals surface area contributed by atoms with E-state index in [9.17, 15) is 9.59 Å². The summed E-state index contributed by atoms with van der Waals surface area (Å²) in [6.07, 6.45) is -0.686. The first kappa shape index (κ1) is 17.7. The van der Waals surface area contributed by atoms with Crippen LogP contribution in [0.15, 0.2) is 54.6 Å². The third kappa shape index (κ3) is 4.43. The number of hydrogen-bond acceptors (Lipinski definition) is 3. The Balaban J connectivity index is 2.11. The first-order chi connectivity index (χ1) is 11.5. The Kier molecular flexibility index (Phi) is 6.09. The van der Waals surface area contributed by atoms with Crippen LogP contribution in [0.3, 0.4) is 0 Å². The first-order valence-corrected chi connectivity index (χ1v) is 7.83. The zero-order valence-electron chi connectivity index (χ0n) is 13.7. The number of benzene rings is 2. The average Bonchev–Trinajstić information content (AvgIpc) is 2.60. The largest absolute Gasteiger partial charge is 0.481 e. The predicted molar refractivity (Wildman–Crippen MR) is 91.9 cm³/mol. The highest BCUT2D eigenvalue weighted by atomic mass is 16.5. The molecular weight excluding hydrogens is 306 g/mol. The molecule has 2 unspecified atom stereocenters. The molecule has 0 aliphatic rings. The molecule has 2 aromatic rings. The van der Waals surface area contributed by atoms with Crippen LogP contribution in [0.5, 0.6) is 0 Å². The summed E-state index contributed by atoms with van der Waals surface area (Å²) in [7, 11) is 0. The lowest BCUT2D eigenvalue weighted by molar-refractivity contribution is -0.138. The molecule has 2 N–H and O–H groups in total. The molecule has 24 heavy (non-hydrogen) atoms. The average molecular weight is 327 g/mol. The normalized spacial score (nSPS) is 13.1. The summed E-state index contributed by atoms with van der Waals surface area (Å²) in [5, 5.41) is 11.8. The molecule has 0 aromatic heterocycles. The highest BCUT2D eigenvalue weighted by Gasteiger charge is 2.21. The third-order valence-corrected chi connectivity index (χ3v) is 3.72. The number of ether oxygens (including phenoxy) is 1. The molecule has 0 aliphatic heterocycles. The molecule has 0 saturated heterocycles. The molecule has 2 rings (SSSR count). The van der Waals surface area contributed by atoms with E-state index in [0.717, 1.165) is 5.56 Å². The van der Waals surface area contributed by atoms with Crippen molar-refractivity contribution in [2.24, 2.45) is 0 Å². The Morgan fingerprint density at radius 3 is 2.21 bits per heavy atom. The number of carbonyl (C=O) groups is 2. The van der Waals surface area contributed by atoms with Crippen LogP contribution in [0.25, 0.3) is 0 Å². The van der Waals surface area contributed by atoms with Gasteiger partial charge in [-0.25, -0.2) is 0 Å². The number of carboxylic acids is 1. The number of carboxylic acid groups (broad SMARTS) is 1. The van der Waals surface area contributed by atoms with Gasteiger partial charge in [0.05, 0.1) is 5.92 Å². The summed E-state index contributed by atoms with van der Waals surface area (Å²) in [4.78, 5) is 23.5. The number of carbonyl (C=O) groups excluding carboxylic acids is 1. The molecule has 0 aliphatic carbocycles. The van der Waals surface area contributed by atoms with E-state index in [1.165, 1.54) is 0 Å². The van der Waals surface area contributed by atoms with Crippen LogP contribution in [0.2, 0.25) is 0 Å². The molecule has 0 bridgehead atoms. The van der Waals surface area contributed by atoms with Gasteiger partial charge in [0.25, 0.3) is 5.91 Å². The Morgan fingerprint density at radius 1 is 1.04 bits per heavy atom. The Hall–Kier alpha value is -2.66. The number of amides is 1. The standard InChI is InChI=1S/C19H21NO4/c1-3-24-17(15-7-5-4-6-8-15)18(21)20-16-11-9-14(10-12-16)13(2)19(22)23/h4-13,17H,3H2,1-2H3,(H,20,21)(H,22,23). The summed E-state index contributed by atoms with van der Waals surface area (Å²) >= 11 is 0. The van der Waals surface area contributed by atoms with E-state index in [1.807, 2.05) is 37.3 Å². The third-order valence-electron chi connectivity index (χ3n) is 3.72. The zero-order chi connectivity index (χ0) is 17.5. The summed E-state index contributed by atoms with van der Waals surface area (Å²) in [5.41, 5.74) is 2.07. The van der Waals surface area contributed by atoms with Crippen LogP contribution in [0.1, 0.15) is 37.0 Å². The van der Waals surface area contributed by atoms with Crippen molar-refractivity contribution in [3.8, 4) is 0 Å². The Bertz CT molecular complexity index is 682. The van der Waals surface area contributed by atoms with Gasteiger partial charge in [-0.15, -0.1) is 0 Å². The summed E-state index contributed by atoms with van der Waals surface area (Å²) < 4.78 is 5.57. The van der Waals surface area contributed by atoms with Crippen molar-refractivity contribution in [3.05, 3.63) is 65.7 Å². The predicted octanol–water partition coefficient (Wildman–Crippen LogP) is 3.59. The topological polar surface area (TPSA) is 75.6 Å². The van der Waals surface area contributed by atoms with Crippen LogP contribution in [-0.2, 0) is 14.3 Å². The van der Waals surface area contributed by atoms with Crippen molar-refractivity contribution in [1.82, 2.24) is 0 Å². The van der Waals surface area contributed by atoms with E-state index in [1.54, 1.807) is 31.2 Å². The van der Waals surface area contributed by atoms with Gasteiger partial charge in [-0.2, -0.15) is 0 Å². The lowest BCUT2D eigenvalue weighted by Gasteiger charge is -2.17. The maximum atomic E-state index is 12.5. The van der Waals surface area contributed by atoms with Crippen LogP contribution < -0.4 is 5.32 Å². The van der Waals surface area contributed by atoms with E-state index in [4.69, 9.17) is 9.84 Å². The van der Waals surface area contributed by atoms with Crippen LogP contribution in [-0.4, -0.2) is 23.6 Å². The molecule has 0 heterocycles. The lowest BCUT2D eigenvalue weighted by atomic mass is 10.0. The van der Waals surface area contributed by atoms with Crippen molar-refractivity contribution < 1.29 is 19.4 Å². The molecule has 5 heteroatoms. The van der Waals surface area contributed by atoms with Gasteiger partial charge in [-0.3, -0.25) is 9.59 Å². The molecular formula is C19H21NO4. The minimum Gasteiger partial charge on any atom is -0.481 e. The maximum Gasteiger partial charge on any atom is 0.310 e. The first-order valence-electron chi connectivity index (χ1n) is 7.83. The molecule has 5 nitrogen and oxygen atoms in total. The fraction of sp³-hybridized carbons (Fsp3) is 0.263. The van der Waals surface area contributed by atoms with Crippen LogP contribution >= 0.6 is 0 Å². The van der Waals surface area contributed by atoms with Gasteiger partial charge < -0.3 is 15.2 Å². The van der Waals surface area contributed by atoms with E-state index in [0.29, 0.717) is 17.9 Å². The van der Waals surface area contributed by atoms with Gasteiger partial charge in [-0.05, 0) is 37.1 Å². The van der Waals surface area contributed by atoms with Gasteiger partial charge in [0.2, 0.25) is 0 Å². The zero-order valence-corrected chi connectivity index (χ0v) is 13.7. The minimum atomic E-state index is -0.882. The molecule has 126 valence electrons. The molecule has 2 atom stereocenters. The van der Waals surface area contributed by atoms with Gasteiger partial charge in [0.15, 0.2) is 6.10 Å². The van der Waals surface area contributed by atoms with Crippen molar-refractivity contribution in [2.45, 2.75) is 25.9 Å². The van der Waals surface area contributed by atoms with Crippen LogP contribution in [0.4, 0.5) is 5.69 Å². The highest BCUT2D eigenvalue weighted by molar-refractivity contribution is 5.95. The lowest BCUT2D eigenvalue weighted by Crippen LogP contribution is -2.23. The summed E-state index contributed by atoms with van der Waals surface area (Å²) in [5.74, 6) is -1.73. The number of aliphatic carboxylic acids is 1. The monoisotopic (exact) mass is 327 g/mol. The number of anilines is 1.